The number of urea groups is 1. The topological polar surface area (TPSA) is 102 Å². The van der Waals surface area contributed by atoms with Crippen molar-refractivity contribution in [3.8, 4) is 0 Å². The largest absolute Gasteiger partial charge is 0.389 e. The van der Waals surface area contributed by atoms with Crippen LogP contribution in [-0.2, 0) is 4.79 Å². The summed E-state index contributed by atoms with van der Waals surface area (Å²) in [6, 6.07) is -0.534. The first-order chi connectivity index (χ1) is 7.52. The standard InChI is InChI=1S/C9H17N3O4/c1-2-10-9(16)11-8(15)5-12-3-6(13)7(14)4-12/h6-7,13-14H,2-5H2,1H3,(H2,10,11,15,16)/t6-,7+. The first-order valence-corrected chi connectivity index (χ1v) is 5.19. The second kappa shape index (κ2) is 5.78. The van der Waals surface area contributed by atoms with Crippen molar-refractivity contribution in [2.24, 2.45) is 0 Å². The summed E-state index contributed by atoms with van der Waals surface area (Å²) < 4.78 is 0. The predicted molar refractivity (Wildman–Crippen MR) is 55.7 cm³/mol. The predicted octanol–water partition coefficient (Wildman–Crippen LogP) is -2.13. The Kier molecular flexibility index (Phi) is 4.66. The molecule has 0 aromatic carbocycles. The van der Waals surface area contributed by atoms with Gasteiger partial charge in [-0.1, -0.05) is 0 Å². The average Bonchev–Trinajstić information content (AvgIpc) is 2.45. The van der Waals surface area contributed by atoms with Gasteiger partial charge in [-0.15, -0.1) is 0 Å². The Labute approximate surface area is 93.4 Å². The van der Waals surface area contributed by atoms with Crippen LogP contribution in [0.3, 0.4) is 0 Å². The number of rotatable bonds is 3. The van der Waals surface area contributed by atoms with Crippen LogP contribution in [0.4, 0.5) is 4.79 Å². The van der Waals surface area contributed by atoms with E-state index in [1.54, 1.807) is 11.8 Å². The zero-order valence-electron chi connectivity index (χ0n) is 9.14. The Hall–Kier alpha value is -1.18. The summed E-state index contributed by atoms with van der Waals surface area (Å²) in [4.78, 5) is 23.9. The minimum Gasteiger partial charge on any atom is -0.389 e. The fourth-order valence-corrected chi connectivity index (χ4v) is 1.55. The van der Waals surface area contributed by atoms with Crippen LogP contribution in [0.5, 0.6) is 0 Å². The average molecular weight is 231 g/mol. The number of β-amino-alcohol motifs (C(OH)–C–C–N with tert-alkyl or cyclic N) is 2. The summed E-state index contributed by atoms with van der Waals surface area (Å²) in [6.45, 7) is 2.66. The number of hydrogen-bond acceptors (Lipinski definition) is 5. The van der Waals surface area contributed by atoms with E-state index in [0.29, 0.717) is 6.54 Å². The van der Waals surface area contributed by atoms with Crippen LogP contribution in [0.25, 0.3) is 0 Å². The SMILES string of the molecule is CCNC(=O)NC(=O)CN1C[C@@H](O)[C@@H](O)C1. The second-order valence-electron chi connectivity index (χ2n) is 3.74. The van der Waals surface area contributed by atoms with Gasteiger partial charge in [-0.3, -0.25) is 15.0 Å². The molecule has 0 unspecified atom stereocenters. The molecule has 1 saturated heterocycles. The lowest BCUT2D eigenvalue weighted by molar-refractivity contribution is -0.121. The third-order valence-corrected chi connectivity index (χ3v) is 2.29. The van der Waals surface area contributed by atoms with Gasteiger partial charge in [-0.2, -0.15) is 0 Å². The molecule has 7 heteroatoms. The maximum atomic E-state index is 11.3. The third-order valence-electron chi connectivity index (χ3n) is 2.29. The number of likely N-dealkylation sites (tertiary alicyclic amines) is 1. The van der Waals surface area contributed by atoms with Gasteiger partial charge in [0.1, 0.15) is 0 Å². The van der Waals surface area contributed by atoms with E-state index in [4.69, 9.17) is 0 Å². The van der Waals surface area contributed by atoms with E-state index in [-0.39, 0.29) is 19.6 Å². The molecule has 3 amide bonds. The minimum atomic E-state index is -0.822. The van der Waals surface area contributed by atoms with Crippen LogP contribution in [-0.4, -0.2) is 65.4 Å². The molecule has 92 valence electrons. The molecule has 1 aliphatic rings. The highest BCUT2D eigenvalue weighted by Gasteiger charge is 2.30. The number of hydrogen-bond donors (Lipinski definition) is 4. The van der Waals surface area contributed by atoms with Gasteiger partial charge in [0.25, 0.3) is 0 Å². The van der Waals surface area contributed by atoms with Crippen LogP contribution in [0.15, 0.2) is 0 Å². The van der Waals surface area contributed by atoms with Gasteiger partial charge in [0.2, 0.25) is 5.91 Å². The van der Waals surface area contributed by atoms with Crippen LogP contribution in [0.2, 0.25) is 0 Å². The molecule has 4 N–H and O–H groups in total. The van der Waals surface area contributed by atoms with Gasteiger partial charge in [-0.05, 0) is 6.92 Å². The van der Waals surface area contributed by atoms with Crippen LogP contribution in [0, 0.1) is 0 Å². The third kappa shape index (κ3) is 3.76. The monoisotopic (exact) mass is 231 g/mol. The van der Waals surface area contributed by atoms with E-state index in [9.17, 15) is 19.8 Å². The zero-order valence-corrected chi connectivity index (χ0v) is 9.14. The van der Waals surface area contributed by atoms with Gasteiger partial charge in [-0.25, -0.2) is 4.79 Å². The molecule has 0 saturated carbocycles. The minimum absolute atomic E-state index is 0.00868. The quantitative estimate of drug-likeness (QED) is 0.444. The maximum Gasteiger partial charge on any atom is 0.321 e. The zero-order chi connectivity index (χ0) is 12.1. The summed E-state index contributed by atoms with van der Waals surface area (Å²) in [5, 5.41) is 23.1. The summed E-state index contributed by atoms with van der Waals surface area (Å²) >= 11 is 0. The molecule has 0 aromatic rings. The van der Waals surface area contributed by atoms with Crippen LogP contribution >= 0.6 is 0 Å². The highest BCUT2D eigenvalue weighted by molar-refractivity contribution is 5.95. The highest BCUT2D eigenvalue weighted by atomic mass is 16.3. The summed E-state index contributed by atoms with van der Waals surface area (Å²) in [5.74, 6) is -0.452. The number of aliphatic hydroxyl groups excluding tert-OH is 2. The molecule has 1 heterocycles. The molecular formula is C9H17N3O4. The van der Waals surface area contributed by atoms with Crippen molar-refractivity contribution >= 4 is 11.9 Å². The lowest BCUT2D eigenvalue weighted by atomic mass is 10.3. The maximum absolute atomic E-state index is 11.3. The Morgan fingerprint density at radius 2 is 1.88 bits per heavy atom. The molecule has 16 heavy (non-hydrogen) atoms. The second-order valence-corrected chi connectivity index (χ2v) is 3.74. The Bertz CT molecular complexity index is 261. The van der Waals surface area contributed by atoms with E-state index >= 15 is 0 Å². The molecule has 0 radical (unpaired) electrons. The van der Waals surface area contributed by atoms with E-state index in [2.05, 4.69) is 10.6 Å². The lowest BCUT2D eigenvalue weighted by Gasteiger charge is -2.13. The summed E-state index contributed by atoms with van der Waals surface area (Å²) in [7, 11) is 0. The van der Waals surface area contributed by atoms with Gasteiger partial charge >= 0.3 is 6.03 Å². The first kappa shape index (κ1) is 12.9. The van der Waals surface area contributed by atoms with Crippen molar-refractivity contribution in [1.82, 2.24) is 15.5 Å². The number of amides is 3. The molecule has 0 spiro atoms. The smallest absolute Gasteiger partial charge is 0.321 e. The molecule has 0 aromatic heterocycles. The van der Waals surface area contributed by atoms with E-state index in [0.717, 1.165) is 0 Å². The van der Waals surface area contributed by atoms with Crippen molar-refractivity contribution < 1.29 is 19.8 Å². The lowest BCUT2D eigenvalue weighted by Crippen LogP contribution is -2.44. The number of imide groups is 1. The van der Waals surface area contributed by atoms with Gasteiger partial charge < -0.3 is 15.5 Å². The number of aliphatic hydroxyl groups is 2. The molecule has 1 fully saturated rings. The van der Waals surface area contributed by atoms with Gasteiger partial charge in [0, 0.05) is 19.6 Å². The normalized spacial score (nSPS) is 25.4. The van der Waals surface area contributed by atoms with Crippen molar-refractivity contribution in [2.45, 2.75) is 19.1 Å². The molecule has 1 aliphatic heterocycles. The van der Waals surface area contributed by atoms with E-state index in [1.807, 2.05) is 0 Å². The van der Waals surface area contributed by atoms with Gasteiger partial charge in [0.05, 0.1) is 18.8 Å². The fourth-order valence-electron chi connectivity index (χ4n) is 1.55. The first-order valence-electron chi connectivity index (χ1n) is 5.19. The molecule has 7 nitrogen and oxygen atoms in total. The van der Waals surface area contributed by atoms with E-state index < -0.39 is 24.1 Å². The Morgan fingerprint density at radius 3 is 2.38 bits per heavy atom. The molecule has 1 rings (SSSR count). The molecular weight excluding hydrogens is 214 g/mol. The number of nitrogens with zero attached hydrogens (tertiary/aromatic N) is 1. The van der Waals surface area contributed by atoms with Crippen molar-refractivity contribution in [1.29, 1.82) is 0 Å². The molecule has 0 aliphatic carbocycles. The molecule has 0 bridgehead atoms. The van der Waals surface area contributed by atoms with Crippen molar-refractivity contribution in [2.75, 3.05) is 26.2 Å². The van der Waals surface area contributed by atoms with E-state index in [1.165, 1.54) is 0 Å². The summed E-state index contributed by atoms with van der Waals surface area (Å²) in [5.41, 5.74) is 0. The Morgan fingerprint density at radius 1 is 1.31 bits per heavy atom. The highest BCUT2D eigenvalue weighted by Crippen LogP contribution is 2.08. The fraction of sp³-hybridized carbons (Fsp3) is 0.778. The van der Waals surface area contributed by atoms with Gasteiger partial charge in [0.15, 0.2) is 0 Å². The Balaban J connectivity index is 2.27. The molecule has 2 atom stereocenters. The number of carbonyl (C=O) groups excluding carboxylic acids is 2. The van der Waals surface area contributed by atoms with Crippen molar-refractivity contribution in [3.05, 3.63) is 0 Å². The van der Waals surface area contributed by atoms with Crippen LogP contribution in [0.1, 0.15) is 6.92 Å². The number of nitrogens with one attached hydrogen (secondary N) is 2. The van der Waals surface area contributed by atoms with Crippen molar-refractivity contribution in [3.63, 3.8) is 0 Å². The van der Waals surface area contributed by atoms with Crippen LogP contribution < -0.4 is 10.6 Å². The number of carbonyl (C=O) groups is 2. The summed E-state index contributed by atoms with van der Waals surface area (Å²) in [6.07, 6.45) is -1.64.